The molecule has 1 aliphatic carbocycles. The molecule has 2 aromatic rings. The van der Waals surface area contributed by atoms with Crippen molar-refractivity contribution in [3.63, 3.8) is 0 Å². The Kier molecular flexibility index (Phi) is 2.94. The molecule has 0 radical (unpaired) electrons. The van der Waals surface area contributed by atoms with E-state index < -0.39 is 5.79 Å². The highest BCUT2D eigenvalue weighted by molar-refractivity contribution is 5.42. The molecule has 1 saturated carbocycles. The van der Waals surface area contributed by atoms with Crippen molar-refractivity contribution in [3.8, 4) is 11.5 Å². The summed E-state index contributed by atoms with van der Waals surface area (Å²) in [4.78, 5) is 0. The third-order valence-corrected chi connectivity index (χ3v) is 5.80. The summed E-state index contributed by atoms with van der Waals surface area (Å²) in [5.74, 6) is -0.875. The molecule has 124 valence electrons. The Balaban J connectivity index is 1.65. The second-order valence-corrected chi connectivity index (χ2v) is 7.11. The number of para-hydroxylation sites is 2. The van der Waals surface area contributed by atoms with Gasteiger partial charge in [0, 0.05) is 11.8 Å². The van der Waals surface area contributed by atoms with Crippen LogP contribution in [-0.2, 0) is 12.8 Å². The van der Waals surface area contributed by atoms with Crippen LogP contribution in [0.15, 0.2) is 36.4 Å². The largest absolute Gasteiger partial charge is 0.448 e. The minimum Gasteiger partial charge on any atom is -0.448 e. The lowest BCUT2D eigenvalue weighted by atomic mass is 9.68. The second-order valence-electron chi connectivity index (χ2n) is 7.11. The summed E-state index contributed by atoms with van der Waals surface area (Å²) in [7, 11) is 0. The maximum absolute atomic E-state index is 14.3. The van der Waals surface area contributed by atoms with Crippen molar-refractivity contribution in [3.05, 3.63) is 59.2 Å². The van der Waals surface area contributed by atoms with Crippen LogP contribution in [-0.4, -0.2) is 5.79 Å². The number of fused-ring (bicyclic) bond motifs is 2. The molecule has 0 bridgehead atoms. The highest BCUT2D eigenvalue weighted by Crippen LogP contribution is 2.53. The molecule has 4 heteroatoms. The van der Waals surface area contributed by atoms with E-state index in [2.05, 4.69) is 0 Å². The predicted octanol–water partition coefficient (Wildman–Crippen LogP) is 4.65. The Bertz CT molecular complexity index is 750. The lowest BCUT2D eigenvalue weighted by Gasteiger charge is -2.53. The van der Waals surface area contributed by atoms with E-state index in [0.717, 1.165) is 30.4 Å². The number of hydrogen-bond donors (Lipinski definition) is 0. The standard InChI is InChI=1S/C20H18F2O2/c21-16-8-1-4-12-10-14-6-3-7-15-11-13-5-2-9-17(22)19(13)24-20(14,15)23-18(12)16/h1-2,4-5,8-9,14-15H,3,6-7,10-11H2/t14-,15-,20?/m0/s1. The Morgan fingerprint density at radius 3 is 1.79 bits per heavy atom. The molecule has 0 saturated heterocycles. The third-order valence-electron chi connectivity index (χ3n) is 5.80. The summed E-state index contributed by atoms with van der Waals surface area (Å²) in [5.41, 5.74) is 1.77. The molecular weight excluding hydrogens is 310 g/mol. The second kappa shape index (κ2) is 4.95. The predicted molar refractivity (Wildman–Crippen MR) is 85.0 cm³/mol. The van der Waals surface area contributed by atoms with E-state index in [1.807, 2.05) is 12.1 Å². The first-order valence-electron chi connectivity index (χ1n) is 8.60. The van der Waals surface area contributed by atoms with Gasteiger partial charge in [0.1, 0.15) is 0 Å². The van der Waals surface area contributed by atoms with Gasteiger partial charge >= 0.3 is 0 Å². The van der Waals surface area contributed by atoms with Gasteiger partial charge in [0.2, 0.25) is 0 Å². The van der Waals surface area contributed by atoms with E-state index >= 15 is 0 Å². The van der Waals surface area contributed by atoms with Gasteiger partial charge in [-0.3, -0.25) is 0 Å². The van der Waals surface area contributed by atoms with E-state index in [0.29, 0.717) is 12.8 Å². The van der Waals surface area contributed by atoms with Crippen LogP contribution < -0.4 is 9.47 Å². The Labute approximate surface area is 139 Å². The van der Waals surface area contributed by atoms with E-state index in [-0.39, 0.29) is 35.0 Å². The van der Waals surface area contributed by atoms with Crippen molar-refractivity contribution in [2.45, 2.75) is 37.9 Å². The highest BCUT2D eigenvalue weighted by Gasteiger charge is 2.57. The van der Waals surface area contributed by atoms with Crippen molar-refractivity contribution in [2.24, 2.45) is 11.8 Å². The zero-order valence-corrected chi connectivity index (χ0v) is 13.2. The van der Waals surface area contributed by atoms with Crippen molar-refractivity contribution >= 4 is 0 Å². The molecule has 2 aliphatic heterocycles. The first kappa shape index (κ1) is 14.3. The fourth-order valence-corrected chi connectivity index (χ4v) is 4.70. The maximum atomic E-state index is 14.3. The molecule has 1 fully saturated rings. The van der Waals surface area contributed by atoms with Crippen LogP contribution in [0.5, 0.6) is 11.5 Å². The Hall–Kier alpha value is -2.10. The summed E-state index contributed by atoms with van der Waals surface area (Å²) in [6.45, 7) is 0. The first-order chi connectivity index (χ1) is 11.7. The van der Waals surface area contributed by atoms with Crippen LogP contribution in [0.1, 0.15) is 30.4 Å². The molecule has 0 unspecified atom stereocenters. The molecule has 0 N–H and O–H groups in total. The minimum absolute atomic E-state index is 0.123. The number of hydrogen-bond acceptors (Lipinski definition) is 2. The van der Waals surface area contributed by atoms with E-state index in [1.165, 1.54) is 12.1 Å². The summed E-state index contributed by atoms with van der Waals surface area (Å²) in [6.07, 6.45) is 4.44. The van der Waals surface area contributed by atoms with E-state index in [1.54, 1.807) is 12.1 Å². The molecule has 1 spiro atoms. The lowest BCUT2D eigenvalue weighted by Crippen LogP contribution is -2.61. The highest BCUT2D eigenvalue weighted by atomic mass is 19.1. The fourth-order valence-electron chi connectivity index (χ4n) is 4.70. The van der Waals surface area contributed by atoms with Gasteiger partial charge < -0.3 is 9.47 Å². The number of rotatable bonds is 0. The van der Waals surface area contributed by atoms with Gasteiger partial charge in [-0.2, -0.15) is 0 Å². The minimum atomic E-state index is -0.942. The average molecular weight is 328 g/mol. The van der Waals surface area contributed by atoms with Crippen molar-refractivity contribution in [1.82, 2.24) is 0 Å². The smallest absolute Gasteiger partial charge is 0.257 e. The van der Waals surface area contributed by atoms with Gasteiger partial charge in [0.15, 0.2) is 23.1 Å². The molecule has 0 amide bonds. The van der Waals surface area contributed by atoms with Gasteiger partial charge in [0.05, 0.1) is 0 Å². The molecule has 2 heterocycles. The van der Waals surface area contributed by atoms with Gasteiger partial charge in [-0.05, 0) is 48.9 Å². The first-order valence-corrected chi connectivity index (χ1v) is 8.60. The van der Waals surface area contributed by atoms with E-state index in [4.69, 9.17) is 9.47 Å². The number of ether oxygens (including phenoxy) is 2. The molecule has 5 rings (SSSR count). The summed E-state index contributed by atoms with van der Waals surface area (Å²) in [5, 5.41) is 0. The van der Waals surface area contributed by atoms with Crippen molar-refractivity contribution in [1.29, 1.82) is 0 Å². The molecule has 2 atom stereocenters. The number of halogens is 2. The van der Waals surface area contributed by atoms with Gasteiger partial charge in [0.25, 0.3) is 5.79 Å². The normalized spacial score (nSPS) is 30.1. The molecular formula is C20H18F2O2. The summed E-state index contributed by atoms with van der Waals surface area (Å²) < 4.78 is 41.0. The quantitative estimate of drug-likeness (QED) is 0.701. The van der Waals surface area contributed by atoms with Crippen LogP contribution in [0, 0.1) is 23.5 Å². The molecule has 2 aromatic carbocycles. The topological polar surface area (TPSA) is 18.5 Å². The van der Waals surface area contributed by atoms with Crippen LogP contribution >= 0.6 is 0 Å². The fraction of sp³-hybridized carbons (Fsp3) is 0.400. The third kappa shape index (κ3) is 1.86. The van der Waals surface area contributed by atoms with Crippen LogP contribution in [0.2, 0.25) is 0 Å². The van der Waals surface area contributed by atoms with Gasteiger partial charge in [-0.1, -0.05) is 30.7 Å². The molecule has 24 heavy (non-hydrogen) atoms. The van der Waals surface area contributed by atoms with Crippen LogP contribution in [0.4, 0.5) is 8.78 Å². The zero-order valence-electron chi connectivity index (χ0n) is 13.2. The lowest BCUT2D eigenvalue weighted by molar-refractivity contribution is -0.228. The Morgan fingerprint density at radius 1 is 0.792 bits per heavy atom. The van der Waals surface area contributed by atoms with Gasteiger partial charge in [-0.25, -0.2) is 8.78 Å². The average Bonchev–Trinajstić information content (AvgIpc) is 2.58. The summed E-state index contributed by atoms with van der Waals surface area (Å²) >= 11 is 0. The molecule has 2 nitrogen and oxygen atoms in total. The van der Waals surface area contributed by atoms with Crippen LogP contribution in [0.3, 0.4) is 0 Å². The molecule has 3 aliphatic rings. The van der Waals surface area contributed by atoms with Crippen molar-refractivity contribution < 1.29 is 18.3 Å². The summed E-state index contributed by atoms with van der Waals surface area (Å²) in [6, 6.07) is 10.1. The maximum Gasteiger partial charge on any atom is 0.257 e. The van der Waals surface area contributed by atoms with Crippen molar-refractivity contribution in [2.75, 3.05) is 0 Å². The monoisotopic (exact) mass is 328 g/mol. The van der Waals surface area contributed by atoms with Gasteiger partial charge in [-0.15, -0.1) is 0 Å². The van der Waals surface area contributed by atoms with Crippen LogP contribution in [0.25, 0.3) is 0 Å². The zero-order chi connectivity index (χ0) is 16.3. The van der Waals surface area contributed by atoms with E-state index in [9.17, 15) is 8.78 Å². The number of benzene rings is 2. The Morgan fingerprint density at radius 2 is 1.29 bits per heavy atom. The SMILES string of the molecule is Fc1cccc2c1OC13Oc4c(F)cccc4C[C@@H]1CCC[C@H]3C2. The molecule has 0 aromatic heterocycles.